The number of hydrogen-bond donors (Lipinski definition) is 3. The minimum Gasteiger partial charge on any atom is -0.481 e. The number of carboxylic acids is 1. The van der Waals surface area contributed by atoms with E-state index in [0.29, 0.717) is 5.88 Å². The topological polar surface area (TPSA) is 204 Å². The zero-order valence-electron chi connectivity index (χ0n) is 18.2. The number of amides is 1. The first-order valence-corrected chi connectivity index (χ1v) is 11.4. The minimum atomic E-state index is -3.89. The van der Waals surface area contributed by atoms with E-state index in [4.69, 9.17) is 9.84 Å². The van der Waals surface area contributed by atoms with Crippen molar-refractivity contribution in [1.29, 1.82) is 0 Å². The van der Waals surface area contributed by atoms with Gasteiger partial charge in [-0.05, 0) is 29.8 Å². The molecule has 3 heterocycles. The van der Waals surface area contributed by atoms with Crippen LogP contribution < -0.4 is 14.8 Å². The molecule has 16 heteroatoms. The molecule has 0 bridgehead atoms. The molecule has 0 aromatic carbocycles. The number of carboxylic acid groups (broad SMARTS) is 1. The average Bonchev–Trinajstić information content (AvgIpc) is 3.24. The summed E-state index contributed by atoms with van der Waals surface area (Å²) in [6, 6.07) is 4.77. The highest BCUT2D eigenvalue weighted by atomic mass is 32.2. The van der Waals surface area contributed by atoms with Gasteiger partial charge in [0, 0.05) is 25.4 Å². The summed E-state index contributed by atoms with van der Waals surface area (Å²) in [6.45, 7) is 1.52. The van der Waals surface area contributed by atoms with Crippen molar-refractivity contribution in [2.24, 2.45) is 0 Å². The normalized spacial score (nSPS) is 11.2. The smallest absolute Gasteiger partial charge is 0.304 e. The number of rotatable bonds is 11. The van der Waals surface area contributed by atoms with Crippen LogP contribution in [0.1, 0.15) is 28.3 Å². The maximum Gasteiger partial charge on any atom is 0.304 e. The van der Waals surface area contributed by atoms with Gasteiger partial charge in [0.25, 0.3) is 5.91 Å². The summed E-state index contributed by atoms with van der Waals surface area (Å²) in [5.41, 5.74) is 1.00. The molecule has 3 aromatic rings. The number of pyridine rings is 1. The lowest BCUT2D eigenvalue weighted by atomic mass is 10.2. The van der Waals surface area contributed by atoms with Crippen LogP contribution in [-0.4, -0.2) is 74.2 Å². The molecular formula is C18H21N9O6S. The van der Waals surface area contributed by atoms with Crippen molar-refractivity contribution in [3.63, 3.8) is 0 Å². The molecule has 0 atom stereocenters. The van der Waals surface area contributed by atoms with Crippen molar-refractivity contribution in [2.45, 2.75) is 25.8 Å². The Kier molecular flexibility index (Phi) is 7.75. The molecule has 34 heavy (non-hydrogen) atoms. The number of tetrazole rings is 1. The van der Waals surface area contributed by atoms with E-state index >= 15 is 0 Å². The third kappa shape index (κ3) is 6.97. The van der Waals surface area contributed by atoms with Crippen molar-refractivity contribution in [3.05, 3.63) is 41.5 Å². The van der Waals surface area contributed by atoms with Crippen LogP contribution in [0.4, 0.5) is 0 Å². The monoisotopic (exact) mass is 491 g/mol. The van der Waals surface area contributed by atoms with Crippen LogP contribution >= 0.6 is 0 Å². The van der Waals surface area contributed by atoms with E-state index in [1.165, 1.54) is 13.2 Å². The molecule has 0 fully saturated rings. The molecule has 3 N–H and O–H groups in total. The highest BCUT2D eigenvalue weighted by molar-refractivity contribution is 7.88. The lowest BCUT2D eigenvalue weighted by molar-refractivity contribution is -0.136. The highest BCUT2D eigenvalue weighted by Gasteiger charge is 2.18. The summed E-state index contributed by atoms with van der Waals surface area (Å²) >= 11 is 0. The van der Waals surface area contributed by atoms with Gasteiger partial charge in [-0.3, -0.25) is 9.59 Å². The summed E-state index contributed by atoms with van der Waals surface area (Å²) in [5.74, 6) is -1.61. The van der Waals surface area contributed by atoms with Gasteiger partial charge in [0.1, 0.15) is 17.2 Å². The van der Waals surface area contributed by atoms with Crippen molar-refractivity contribution in [1.82, 2.24) is 45.2 Å². The van der Waals surface area contributed by atoms with E-state index in [9.17, 15) is 18.0 Å². The predicted octanol–water partition coefficient (Wildman–Crippen LogP) is -0.876. The van der Waals surface area contributed by atoms with E-state index in [-0.39, 0.29) is 42.5 Å². The lowest BCUT2D eigenvalue weighted by Gasteiger charge is -2.07. The van der Waals surface area contributed by atoms with Crippen LogP contribution in [0.15, 0.2) is 24.4 Å². The molecule has 0 saturated heterocycles. The summed E-state index contributed by atoms with van der Waals surface area (Å²) in [4.78, 5) is 36.3. The molecule has 3 aromatic heterocycles. The molecule has 0 aliphatic heterocycles. The number of sulfonamides is 1. The Morgan fingerprint density at radius 3 is 2.76 bits per heavy atom. The van der Waals surface area contributed by atoms with Gasteiger partial charge in [-0.15, -0.1) is 15.0 Å². The van der Waals surface area contributed by atoms with Crippen LogP contribution in [-0.2, 0) is 27.2 Å². The molecular weight excluding hydrogens is 470 g/mol. The van der Waals surface area contributed by atoms with Gasteiger partial charge in [-0.25, -0.2) is 28.1 Å². The molecule has 15 nitrogen and oxygen atoms in total. The molecule has 0 unspecified atom stereocenters. The Labute approximate surface area is 193 Å². The zero-order valence-corrected chi connectivity index (χ0v) is 19.0. The first-order valence-electron chi connectivity index (χ1n) is 9.75. The number of carbonyl (C=O) groups excluding carboxylic acids is 1. The van der Waals surface area contributed by atoms with Crippen LogP contribution in [0.25, 0.3) is 11.5 Å². The Morgan fingerprint density at radius 2 is 2.03 bits per heavy atom. The van der Waals surface area contributed by atoms with Crippen molar-refractivity contribution in [2.75, 3.05) is 13.7 Å². The molecule has 1 amide bonds. The van der Waals surface area contributed by atoms with Crippen molar-refractivity contribution in [3.8, 4) is 17.4 Å². The molecule has 0 spiro atoms. The second-order valence-electron chi connectivity index (χ2n) is 6.84. The number of methoxy groups -OCH3 is 1. The Balaban J connectivity index is 1.69. The molecule has 3 rings (SSSR count). The van der Waals surface area contributed by atoms with Gasteiger partial charge < -0.3 is 15.2 Å². The first kappa shape index (κ1) is 24.6. The maximum absolute atomic E-state index is 12.6. The first-order chi connectivity index (χ1) is 16.1. The van der Waals surface area contributed by atoms with Crippen LogP contribution in [0.2, 0.25) is 0 Å². The molecule has 0 aliphatic carbocycles. The third-order valence-corrected chi connectivity index (χ3v) is 5.38. The number of aromatic nitrogens is 7. The average molecular weight is 491 g/mol. The number of hydrogen-bond acceptors (Lipinski definition) is 11. The second kappa shape index (κ2) is 10.7. The quantitative estimate of drug-likeness (QED) is 0.299. The van der Waals surface area contributed by atoms with Crippen LogP contribution in [0, 0.1) is 6.92 Å². The van der Waals surface area contributed by atoms with E-state index in [2.05, 4.69) is 40.4 Å². The number of aryl methyl sites for hydroxylation is 1. The van der Waals surface area contributed by atoms with Gasteiger partial charge in [-0.1, -0.05) is 0 Å². The Morgan fingerprint density at radius 1 is 1.24 bits per heavy atom. The number of ether oxygens (including phenoxy) is 1. The maximum atomic E-state index is 12.6. The number of carbonyl (C=O) groups is 2. The van der Waals surface area contributed by atoms with Crippen molar-refractivity contribution >= 4 is 21.9 Å². The van der Waals surface area contributed by atoms with E-state index in [0.717, 1.165) is 10.4 Å². The predicted molar refractivity (Wildman–Crippen MR) is 115 cm³/mol. The number of nitrogens with one attached hydrogen (secondary N) is 2. The van der Waals surface area contributed by atoms with Crippen molar-refractivity contribution < 1.29 is 27.9 Å². The van der Waals surface area contributed by atoms with Gasteiger partial charge in [-0.2, -0.15) is 0 Å². The Bertz CT molecular complexity index is 1290. The minimum absolute atomic E-state index is 0.0147. The SMILES string of the molecule is COc1cc(CNC(=O)c2cc(-c3nnn(CS(=O)(=O)NCCC(=O)O)n3)nc(C)n2)ccn1. The molecule has 0 saturated carbocycles. The van der Waals surface area contributed by atoms with E-state index in [1.54, 1.807) is 25.3 Å². The fourth-order valence-corrected chi connectivity index (χ4v) is 3.57. The number of nitrogens with zero attached hydrogens (tertiary/aromatic N) is 7. The molecule has 180 valence electrons. The zero-order chi connectivity index (χ0) is 24.7. The van der Waals surface area contributed by atoms with E-state index < -0.39 is 27.8 Å². The van der Waals surface area contributed by atoms with Gasteiger partial charge >= 0.3 is 5.97 Å². The Hall–Kier alpha value is -4.05. The summed E-state index contributed by atoms with van der Waals surface area (Å²) in [6.07, 6.45) is 1.19. The molecule has 0 radical (unpaired) electrons. The third-order valence-electron chi connectivity index (χ3n) is 4.16. The number of aliphatic carboxylic acids is 1. The van der Waals surface area contributed by atoms with Gasteiger partial charge in [0.15, 0.2) is 5.88 Å². The molecule has 0 aliphatic rings. The van der Waals surface area contributed by atoms with Crippen LogP contribution in [0.5, 0.6) is 5.88 Å². The second-order valence-corrected chi connectivity index (χ2v) is 8.62. The summed E-state index contributed by atoms with van der Waals surface area (Å²) in [7, 11) is -2.40. The van der Waals surface area contributed by atoms with Gasteiger partial charge in [0.05, 0.1) is 13.5 Å². The fraction of sp³-hybridized carbons (Fsp3) is 0.333. The standard InChI is InChI=1S/C18H21N9O6S/c1-11-22-13(17-24-26-27(25-17)10-34(31,32)21-6-4-16(28)29)8-14(23-11)18(30)20-9-12-3-5-19-15(7-12)33-2/h3,5,7-8,21H,4,6,9-10H2,1-2H3,(H,20,30)(H,28,29). The van der Waals surface area contributed by atoms with Crippen LogP contribution in [0.3, 0.4) is 0 Å². The van der Waals surface area contributed by atoms with Gasteiger partial charge in [0.2, 0.25) is 21.7 Å². The summed E-state index contributed by atoms with van der Waals surface area (Å²) < 4.78 is 31.2. The largest absolute Gasteiger partial charge is 0.481 e. The van der Waals surface area contributed by atoms with E-state index in [1.807, 2.05) is 0 Å². The lowest BCUT2D eigenvalue weighted by Crippen LogP contribution is -2.30. The summed E-state index contributed by atoms with van der Waals surface area (Å²) in [5, 5.41) is 22.8. The highest BCUT2D eigenvalue weighted by Crippen LogP contribution is 2.13. The fourth-order valence-electron chi connectivity index (χ4n) is 2.66.